The van der Waals surface area contributed by atoms with Gasteiger partial charge in [0.25, 0.3) is 11.6 Å². The van der Waals surface area contributed by atoms with Gasteiger partial charge in [0.15, 0.2) is 0 Å². The van der Waals surface area contributed by atoms with E-state index in [0.29, 0.717) is 5.56 Å². The Morgan fingerprint density at radius 2 is 2.18 bits per heavy atom. The topological polar surface area (TPSA) is 104 Å². The van der Waals surface area contributed by atoms with Crippen molar-refractivity contribution >= 4 is 51.9 Å². The molecule has 2 rings (SSSR count). The molecule has 7 nitrogen and oxygen atoms in total. The standard InChI is InChI=1S/C13H10N2O5S2/c1-7(12(17)18)14-11(16)10(22-13(14)21)6-8-3-2-4-9(5-8)15(19)20/h2-7H,1H3,(H,17,18)/p-1. The number of thioether (sulfide) groups is 1. The Labute approximate surface area is 134 Å². The van der Waals surface area contributed by atoms with Crippen LogP contribution in [0.1, 0.15) is 12.5 Å². The van der Waals surface area contributed by atoms with Crippen molar-refractivity contribution in [3.05, 3.63) is 44.8 Å². The first kappa shape index (κ1) is 16.1. The SMILES string of the molecule is CC(C(=O)[O-])N1C(=O)C(=Cc2cccc([N+](=O)[O-])c2)SC1=S. The lowest BCUT2D eigenvalue weighted by Gasteiger charge is -2.23. The number of benzene rings is 1. The zero-order valence-electron chi connectivity index (χ0n) is 11.2. The van der Waals surface area contributed by atoms with Crippen molar-refractivity contribution in [3.63, 3.8) is 0 Å². The van der Waals surface area contributed by atoms with Crippen LogP contribution in [0.4, 0.5) is 5.69 Å². The number of hydrogen-bond donors (Lipinski definition) is 0. The van der Waals surface area contributed by atoms with Gasteiger partial charge in [-0.25, -0.2) is 0 Å². The summed E-state index contributed by atoms with van der Waals surface area (Å²) in [4.78, 5) is 34.5. The summed E-state index contributed by atoms with van der Waals surface area (Å²) in [7, 11) is 0. The monoisotopic (exact) mass is 337 g/mol. The molecule has 1 aromatic rings. The minimum absolute atomic E-state index is 0.104. The fourth-order valence-corrected chi connectivity index (χ4v) is 3.22. The number of carboxylic acids is 1. The second kappa shape index (κ2) is 6.24. The molecule has 9 heteroatoms. The number of carbonyl (C=O) groups is 2. The van der Waals surface area contributed by atoms with Crippen molar-refractivity contribution in [3.8, 4) is 0 Å². The molecule has 1 heterocycles. The lowest BCUT2D eigenvalue weighted by atomic mass is 10.2. The molecule has 0 N–H and O–H groups in total. The number of non-ortho nitro benzene ring substituents is 1. The molecule has 1 aliphatic rings. The molecule has 0 spiro atoms. The smallest absolute Gasteiger partial charge is 0.270 e. The molecule has 1 unspecified atom stereocenters. The molecule has 0 aromatic heterocycles. The van der Waals surface area contributed by atoms with Gasteiger partial charge in [-0.15, -0.1) is 0 Å². The van der Waals surface area contributed by atoms with Crippen molar-refractivity contribution in [1.82, 2.24) is 4.90 Å². The van der Waals surface area contributed by atoms with Crippen LogP contribution in [-0.2, 0) is 9.59 Å². The second-order valence-corrected chi connectivity index (χ2v) is 6.07. The molecule has 1 fully saturated rings. The minimum atomic E-state index is -1.41. The highest BCUT2D eigenvalue weighted by atomic mass is 32.2. The third kappa shape index (κ3) is 3.15. The maximum absolute atomic E-state index is 12.2. The lowest BCUT2D eigenvalue weighted by molar-refractivity contribution is -0.384. The highest BCUT2D eigenvalue weighted by Crippen LogP contribution is 2.34. The highest BCUT2D eigenvalue weighted by molar-refractivity contribution is 8.26. The Morgan fingerprint density at radius 1 is 1.50 bits per heavy atom. The second-order valence-electron chi connectivity index (χ2n) is 4.40. The number of rotatable bonds is 4. The normalized spacial score (nSPS) is 17.9. The van der Waals surface area contributed by atoms with Crippen molar-refractivity contribution in [2.45, 2.75) is 13.0 Å². The first-order valence-corrected chi connectivity index (χ1v) is 7.26. The Kier molecular flexibility index (Phi) is 4.57. The van der Waals surface area contributed by atoms with Crippen LogP contribution in [0, 0.1) is 10.1 Å². The number of amides is 1. The number of nitro groups is 1. The molecule has 0 aliphatic carbocycles. The van der Waals surface area contributed by atoms with Gasteiger partial charge in [-0.05, 0) is 18.6 Å². The minimum Gasteiger partial charge on any atom is -0.548 e. The molecule has 1 saturated heterocycles. The van der Waals surface area contributed by atoms with E-state index in [-0.39, 0.29) is 14.9 Å². The van der Waals surface area contributed by atoms with Crippen LogP contribution < -0.4 is 5.11 Å². The molecule has 0 saturated carbocycles. The molecule has 114 valence electrons. The first-order valence-electron chi connectivity index (χ1n) is 6.03. The van der Waals surface area contributed by atoms with Gasteiger partial charge >= 0.3 is 0 Å². The summed E-state index contributed by atoms with van der Waals surface area (Å²) >= 11 is 5.95. The zero-order chi connectivity index (χ0) is 16.4. The summed E-state index contributed by atoms with van der Waals surface area (Å²) in [5, 5.41) is 21.6. The molecular weight excluding hydrogens is 328 g/mol. The molecular formula is C13H9N2O5S2-. The molecule has 1 aromatic carbocycles. The number of nitro benzene ring substituents is 1. The highest BCUT2D eigenvalue weighted by Gasteiger charge is 2.35. The third-order valence-electron chi connectivity index (χ3n) is 2.93. The van der Waals surface area contributed by atoms with E-state index in [1.54, 1.807) is 6.07 Å². The summed E-state index contributed by atoms with van der Waals surface area (Å²) < 4.78 is 0.110. The van der Waals surface area contributed by atoms with Crippen molar-refractivity contribution in [1.29, 1.82) is 0 Å². The summed E-state index contributed by atoms with van der Waals surface area (Å²) in [5.41, 5.74) is 0.350. The number of carbonyl (C=O) groups excluding carboxylic acids is 2. The van der Waals surface area contributed by atoms with E-state index >= 15 is 0 Å². The molecule has 1 atom stereocenters. The van der Waals surface area contributed by atoms with Crippen LogP contribution in [0.15, 0.2) is 29.2 Å². The summed E-state index contributed by atoms with van der Waals surface area (Å²) in [6.07, 6.45) is 1.44. The van der Waals surface area contributed by atoms with E-state index in [1.165, 1.54) is 31.2 Å². The number of thiocarbonyl (C=S) groups is 1. The van der Waals surface area contributed by atoms with E-state index in [4.69, 9.17) is 12.2 Å². The van der Waals surface area contributed by atoms with Crippen molar-refractivity contribution in [2.75, 3.05) is 0 Å². The quantitative estimate of drug-likeness (QED) is 0.348. The van der Waals surface area contributed by atoms with Gasteiger partial charge in [0.05, 0.1) is 21.8 Å². The van der Waals surface area contributed by atoms with Gasteiger partial charge in [-0.3, -0.25) is 19.8 Å². The fraction of sp³-hybridized carbons (Fsp3) is 0.154. The maximum Gasteiger partial charge on any atom is 0.270 e. The predicted octanol–water partition coefficient (Wildman–Crippen LogP) is 0.934. The van der Waals surface area contributed by atoms with Crippen molar-refractivity contribution in [2.24, 2.45) is 0 Å². The van der Waals surface area contributed by atoms with Crippen LogP contribution in [0.5, 0.6) is 0 Å². The molecule has 22 heavy (non-hydrogen) atoms. The Bertz CT molecular complexity index is 716. The molecule has 0 bridgehead atoms. The van der Waals surface area contributed by atoms with Crippen LogP contribution >= 0.6 is 24.0 Å². The van der Waals surface area contributed by atoms with Gasteiger partial charge in [0.2, 0.25) is 0 Å². The Balaban J connectivity index is 2.32. The third-order valence-corrected chi connectivity index (χ3v) is 4.26. The lowest BCUT2D eigenvalue weighted by Crippen LogP contribution is -2.48. The van der Waals surface area contributed by atoms with Gasteiger partial charge < -0.3 is 9.90 Å². The van der Waals surface area contributed by atoms with E-state index < -0.39 is 22.8 Å². The largest absolute Gasteiger partial charge is 0.548 e. The van der Waals surface area contributed by atoms with E-state index in [2.05, 4.69) is 0 Å². The molecule has 1 aliphatic heterocycles. The van der Waals surface area contributed by atoms with Gasteiger partial charge in [-0.1, -0.05) is 36.1 Å². The summed E-state index contributed by atoms with van der Waals surface area (Å²) in [5.74, 6) is -1.97. The van der Waals surface area contributed by atoms with E-state index in [9.17, 15) is 24.8 Å². The number of nitrogens with zero attached hydrogens (tertiary/aromatic N) is 2. The number of hydrogen-bond acceptors (Lipinski definition) is 7. The van der Waals surface area contributed by atoms with Gasteiger partial charge in [0.1, 0.15) is 4.32 Å². The summed E-state index contributed by atoms with van der Waals surface area (Å²) in [6, 6.07) is 4.56. The van der Waals surface area contributed by atoms with Gasteiger partial charge in [-0.2, -0.15) is 0 Å². The van der Waals surface area contributed by atoms with E-state index in [1.807, 2.05) is 0 Å². The van der Waals surface area contributed by atoms with Crippen LogP contribution in [0.3, 0.4) is 0 Å². The van der Waals surface area contributed by atoms with Gasteiger partial charge in [0, 0.05) is 12.1 Å². The van der Waals surface area contributed by atoms with Crippen molar-refractivity contribution < 1.29 is 19.6 Å². The predicted molar refractivity (Wildman–Crippen MR) is 82.6 cm³/mol. The first-order chi connectivity index (χ1) is 10.3. The maximum atomic E-state index is 12.2. The molecule has 1 amide bonds. The van der Waals surface area contributed by atoms with Crippen LogP contribution in [0.25, 0.3) is 6.08 Å². The number of carboxylic acid groups (broad SMARTS) is 1. The number of aliphatic carboxylic acids is 1. The van der Waals surface area contributed by atoms with E-state index in [0.717, 1.165) is 16.7 Å². The summed E-state index contributed by atoms with van der Waals surface area (Å²) in [6.45, 7) is 1.30. The zero-order valence-corrected chi connectivity index (χ0v) is 12.8. The van der Waals surface area contributed by atoms with Crippen LogP contribution in [0.2, 0.25) is 0 Å². The molecule has 0 radical (unpaired) electrons. The van der Waals surface area contributed by atoms with Crippen LogP contribution in [-0.4, -0.2) is 32.1 Å². The fourth-order valence-electron chi connectivity index (χ4n) is 1.80. The Hall–Kier alpha value is -2.26. The average Bonchev–Trinajstić information content (AvgIpc) is 2.73. The average molecular weight is 337 g/mol. The Morgan fingerprint density at radius 3 is 2.77 bits per heavy atom.